The van der Waals surface area contributed by atoms with Crippen LogP contribution in [0, 0.1) is 5.92 Å². The van der Waals surface area contributed by atoms with Crippen LogP contribution in [-0.4, -0.2) is 41.3 Å². The second-order valence-electron chi connectivity index (χ2n) is 4.99. The molecule has 0 saturated heterocycles. The molecule has 1 fully saturated rings. The minimum absolute atomic E-state index is 0.0176. The van der Waals surface area contributed by atoms with Crippen LogP contribution in [0.4, 0.5) is 13.2 Å². The summed E-state index contributed by atoms with van der Waals surface area (Å²) in [7, 11) is 1.62. The van der Waals surface area contributed by atoms with Crippen LogP contribution in [0.15, 0.2) is 0 Å². The molecule has 0 aliphatic heterocycles. The van der Waals surface area contributed by atoms with Gasteiger partial charge in [-0.2, -0.15) is 13.2 Å². The lowest BCUT2D eigenvalue weighted by molar-refractivity contribution is -0.187. The first kappa shape index (κ1) is 15.3. The van der Waals surface area contributed by atoms with Gasteiger partial charge in [-0.05, 0) is 32.7 Å². The number of halogens is 3. The van der Waals surface area contributed by atoms with Crippen LogP contribution >= 0.6 is 0 Å². The number of carboxylic acid groups (broad SMARTS) is 1. The first-order valence-corrected chi connectivity index (χ1v) is 6.28. The number of aliphatic carboxylic acids is 1. The molecule has 3 unspecified atom stereocenters. The number of rotatable bonds is 4. The number of likely N-dealkylation sites (N-methyl/N-ethyl adjacent to an activating group) is 1. The Labute approximate surface area is 105 Å². The van der Waals surface area contributed by atoms with Crippen molar-refractivity contribution in [3.8, 4) is 0 Å². The highest BCUT2D eigenvalue weighted by Crippen LogP contribution is 2.39. The quantitative estimate of drug-likeness (QED) is 0.851. The third-order valence-electron chi connectivity index (χ3n) is 3.85. The Kier molecular flexibility index (Phi) is 5.01. The van der Waals surface area contributed by atoms with E-state index in [4.69, 9.17) is 5.11 Å². The van der Waals surface area contributed by atoms with Crippen molar-refractivity contribution in [1.29, 1.82) is 0 Å². The summed E-state index contributed by atoms with van der Waals surface area (Å²) in [5.41, 5.74) is 0. The fourth-order valence-electron chi connectivity index (χ4n) is 2.72. The van der Waals surface area contributed by atoms with Gasteiger partial charge in [0.05, 0.1) is 5.92 Å². The van der Waals surface area contributed by atoms with Crippen molar-refractivity contribution in [2.24, 2.45) is 5.92 Å². The molecule has 106 valence electrons. The molecule has 3 nitrogen and oxygen atoms in total. The Morgan fingerprint density at radius 3 is 2.50 bits per heavy atom. The average Bonchev–Trinajstić information content (AvgIpc) is 2.28. The van der Waals surface area contributed by atoms with E-state index in [2.05, 4.69) is 0 Å². The summed E-state index contributed by atoms with van der Waals surface area (Å²) in [6, 6.07) is -0.978. The maximum atomic E-state index is 12.7. The highest BCUT2D eigenvalue weighted by Gasteiger charge is 2.43. The first-order chi connectivity index (χ1) is 8.27. The predicted molar refractivity (Wildman–Crippen MR) is 61.3 cm³/mol. The van der Waals surface area contributed by atoms with Gasteiger partial charge in [0.25, 0.3) is 0 Å². The Morgan fingerprint density at radius 2 is 2.06 bits per heavy atom. The molecule has 1 rings (SSSR count). The molecule has 1 aliphatic rings. The largest absolute Gasteiger partial charge is 0.480 e. The lowest BCUT2D eigenvalue weighted by Gasteiger charge is -2.38. The third-order valence-corrected chi connectivity index (χ3v) is 3.85. The molecule has 0 aromatic heterocycles. The van der Waals surface area contributed by atoms with E-state index in [-0.39, 0.29) is 18.9 Å². The smallest absolute Gasteiger partial charge is 0.391 e. The topological polar surface area (TPSA) is 40.5 Å². The fourth-order valence-corrected chi connectivity index (χ4v) is 2.72. The summed E-state index contributed by atoms with van der Waals surface area (Å²) in [5, 5.41) is 9.04. The van der Waals surface area contributed by atoms with Gasteiger partial charge in [0.1, 0.15) is 6.04 Å². The van der Waals surface area contributed by atoms with Crippen LogP contribution in [0.2, 0.25) is 0 Å². The molecular formula is C12H20F3NO2. The number of hydrogen-bond acceptors (Lipinski definition) is 2. The minimum atomic E-state index is -4.16. The number of nitrogens with zero attached hydrogens (tertiary/aromatic N) is 1. The molecule has 0 amide bonds. The van der Waals surface area contributed by atoms with E-state index >= 15 is 0 Å². The van der Waals surface area contributed by atoms with Crippen molar-refractivity contribution in [2.75, 3.05) is 7.05 Å². The molecule has 0 aromatic carbocycles. The average molecular weight is 267 g/mol. The van der Waals surface area contributed by atoms with E-state index in [9.17, 15) is 18.0 Å². The van der Waals surface area contributed by atoms with Crippen molar-refractivity contribution >= 4 is 5.97 Å². The Hall–Kier alpha value is -0.780. The zero-order valence-corrected chi connectivity index (χ0v) is 10.7. The van der Waals surface area contributed by atoms with Gasteiger partial charge in [-0.25, -0.2) is 0 Å². The number of alkyl halides is 3. The van der Waals surface area contributed by atoms with E-state index in [1.165, 1.54) is 0 Å². The third kappa shape index (κ3) is 3.60. The van der Waals surface area contributed by atoms with Crippen molar-refractivity contribution in [3.63, 3.8) is 0 Å². The van der Waals surface area contributed by atoms with Crippen LogP contribution in [0.1, 0.15) is 39.0 Å². The summed E-state index contributed by atoms with van der Waals surface area (Å²) < 4.78 is 38.1. The predicted octanol–water partition coefficient (Wildman–Crippen LogP) is 2.90. The molecule has 1 N–H and O–H groups in total. The van der Waals surface area contributed by atoms with Gasteiger partial charge in [-0.15, -0.1) is 0 Å². The lowest BCUT2D eigenvalue weighted by Crippen LogP contribution is -2.47. The van der Waals surface area contributed by atoms with Gasteiger partial charge in [-0.3, -0.25) is 9.69 Å². The zero-order valence-electron chi connectivity index (χ0n) is 10.7. The Bertz CT molecular complexity index is 294. The zero-order chi connectivity index (χ0) is 13.9. The molecule has 0 spiro atoms. The molecule has 0 aromatic rings. The van der Waals surface area contributed by atoms with Gasteiger partial charge in [0.2, 0.25) is 0 Å². The SMILES string of the molecule is CCC(C(=O)O)N(C)C1CCCC(C(F)(F)F)C1. The van der Waals surface area contributed by atoms with Crippen molar-refractivity contribution < 1.29 is 23.1 Å². The molecule has 18 heavy (non-hydrogen) atoms. The number of hydrogen-bond donors (Lipinski definition) is 1. The normalized spacial score (nSPS) is 27.2. The van der Waals surface area contributed by atoms with Crippen LogP contribution < -0.4 is 0 Å². The van der Waals surface area contributed by atoms with E-state index in [1.807, 2.05) is 0 Å². The monoisotopic (exact) mass is 267 g/mol. The van der Waals surface area contributed by atoms with Crippen molar-refractivity contribution in [2.45, 2.75) is 57.3 Å². The summed E-state index contributed by atoms with van der Waals surface area (Å²) in [6.45, 7) is 1.74. The maximum absolute atomic E-state index is 12.7. The van der Waals surface area contributed by atoms with Crippen LogP contribution in [-0.2, 0) is 4.79 Å². The van der Waals surface area contributed by atoms with Crippen LogP contribution in [0.25, 0.3) is 0 Å². The standard InChI is InChI=1S/C12H20F3NO2/c1-3-10(11(17)18)16(2)9-6-4-5-8(7-9)12(13,14)15/h8-10H,3-7H2,1-2H3,(H,17,18). The fraction of sp³-hybridized carbons (Fsp3) is 0.917. The number of carbonyl (C=O) groups is 1. The Balaban J connectivity index is 2.68. The first-order valence-electron chi connectivity index (χ1n) is 6.28. The molecule has 0 radical (unpaired) electrons. The molecule has 1 saturated carbocycles. The van der Waals surface area contributed by atoms with E-state index in [1.54, 1.807) is 18.9 Å². The molecule has 0 heterocycles. The molecule has 3 atom stereocenters. The number of carboxylic acids is 1. The second-order valence-corrected chi connectivity index (χ2v) is 4.99. The van der Waals surface area contributed by atoms with Gasteiger partial charge < -0.3 is 5.11 Å². The lowest BCUT2D eigenvalue weighted by atomic mass is 9.84. The molecule has 0 bridgehead atoms. The van der Waals surface area contributed by atoms with E-state index in [0.717, 1.165) is 0 Å². The van der Waals surface area contributed by atoms with Crippen molar-refractivity contribution in [1.82, 2.24) is 4.90 Å². The van der Waals surface area contributed by atoms with Gasteiger partial charge in [-0.1, -0.05) is 13.3 Å². The summed E-state index contributed by atoms with van der Waals surface area (Å²) >= 11 is 0. The van der Waals surface area contributed by atoms with E-state index in [0.29, 0.717) is 19.3 Å². The van der Waals surface area contributed by atoms with Crippen molar-refractivity contribution in [3.05, 3.63) is 0 Å². The molecule has 1 aliphatic carbocycles. The molecule has 6 heteroatoms. The maximum Gasteiger partial charge on any atom is 0.391 e. The summed E-state index contributed by atoms with van der Waals surface area (Å²) in [6.07, 6.45) is -2.42. The second kappa shape index (κ2) is 5.91. The van der Waals surface area contributed by atoms with Crippen LogP contribution in [0.3, 0.4) is 0 Å². The van der Waals surface area contributed by atoms with Crippen LogP contribution in [0.5, 0.6) is 0 Å². The highest BCUT2D eigenvalue weighted by molar-refractivity contribution is 5.73. The Morgan fingerprint density at radius 1 is 1.44 bits per heavy atom. The molecular weight excluding hydrogens is 247 g/mol. The highest BCUT2D eigenvalue weighted by atomic mass is 19.4. The van der Waals surface area contributed by atoms with E-state index < -0.39 is 24.1 Å². The van der Waals surface area contributed by atoms with Gasteiger partial charge in [0.15, 0.2) is 0 Å². The van der Waals surface area contributed by atoms with Gasteiger partial charge in [0, 0.05) is 6.04 Å². The summed E-state index contributed by atoms with van der Waals surface area (Å²) in [4.78, 5) is 12.6. The van der Waals surface area contributed by atoms with Gasteiger partial charge >= 0.3 is 12.1 Å². The minimum Gasteiger partial charge on any atom is -0.480 e. The summed E-state index contributed by atoms with van der Waals surface area (Å²) in [5.74, 6) is -2.25.